The Bertz CT molecular complexity index is 1040. The molecule has 148 valence electrons. The third kappa shape index (κ3) is 4.18. The Morgan fingerprint density at radius 3 is 2.66 bits per heavy atom. The van der Waals surface area contributed by atoms with Gasteiger partial charge in [0.25, 0.3) is 11.8 Å². The van der Waals surface area contributed by atoms with Gasteiger partial charge in [-0.05, 0) is 24.3 Å². The summed E-state index contributed by atoms with van der Waals surface area (Å²) in [6.45, 7) is -0.369. The van der Waals surface area contributed by atoms with Gasteiger partial charge in [0.1, 0.15) is 17.8 Å². The molecule has 1 aromatic heterocycles. The van der Waals surface area contributed by atoms with E-state index in [1.807, 2.05) is 18.2 Å². The van der Waals surface area contributed by atoms with Gasteiger partial charge in [-0.1, -0.05) is 24.3 Å². The number of para-hydroxylation sites is 4. The van der Waals surface area contributed by atoms with Crippen LogP contribution in [0.4, 0.5) is 5.69 Å². The van der Waals surface area contributed by atoms with Gasteiger partial charge in [-0.2, -0.15) is 0 Å². The molecular formula is C20H18N4O5. The van der Waals surface area contributed by atoms with Crippen LogP contribution in [0.5, 0.6) is 5.75 Å². The van der Waals surface area contributed by atoms with Crippen molar-refractivity contribution in [2.24, 2.45) is 0 Å². The van der Waals surface area contributed by atoms with E-state index < -0.39 is 11.8 Å². The SMILES string of the molecule is O=C(CCc1nc2ccccc2o1)NNC(=O)CN1C(=O)COc2ccccc21. The Labute approximate surface area is 165 Å². The number of nitrogens with zero attached hydrogens (tertiary/aromatic N) is 2. The van der Waals surface area contributed by atoms with Crippen molar-refractivity contribution >= 4 is 34.5 Å². The molecule has 3 amide bonds. The fraction of sp³-hybridized carbons (Fsp3) is 0.200. The number of benzene rings is 2. The minimum absolute atomic E-state index is 0.0897. The van der Waals surface area contributed by atoms with E-state index in [1.165, 1.54) is 4.90 Å². The molecule has 2 aromatic carbocycles. The Kier molecular flexibility index (Phi) is 5.10. The number of hydrogen-bond acceptors (Lipinski definition) is 6. The van der Waals surface area contributed by atoms with Gasteiger partial charge < -0.3 is 9.15 Å². The molecule has 0 aliphatic carbocycles. The highest BCUT2D eigenvalue weighted by Crippen LogP contribution is 2.31. The lowest BCUT2D eigenvalue weighted by molar-refractivity contribution is -0.129. The highest BCUT2D eigenvalue weighted by atomic mass is 16.5. The summed E-state index contributed by atoms with van der Waals surface area (Å²) < 4.78 is 10.9. The van der Waals surface area contributed by atoms with Crippen molar-refractivity contribution in [3.8, 4) is 5.75 Å². The highest BCUT2D eigenvalue weighted by Gasteiger charge is 2.27. The Balaban J connectivity index is 1.27. The third-order valence-electron chi connectivity index (χ3n) is 4.36. The average Bonchev–Trinajstić information content (AvgIpc) is 3.16. The minimum Gasteiger partial charge on any atom is -0.482 e. The van der Waals surface area contributed by atoms with Crippen molar-refractivity contribution in [2.75, 3.05) is 18.1 Å². The molecule has 0 unspecified atom stereocenters. The number of anilines is 1. The molecule has 0 bridgehead atoms. The van der Waals surface area contributed by atoms with Crippen molar-refractivity contribution in [3.63, 3.8) is 0 Å². The molecule has 3 aromatic rings. The van der Waals surface area contributed by atoms with Gasteiger partial charge in [-0.3, -0.25) is 30.1 Å². The summed E-state index contributed by atoms with van der Waals surface area (Å²) in [6, 6.07) is 14.3. The van der Waals surface area contributed by atoms with Crippen molar-refractivity contribution in [3.05, 3.63) is 54.4 Å². The van der Waals surface area contributed by atoms with Crippen LogP contribution in [0.15, 0.2) is 52.9 Å². The molecule has 0 fully saturated rings. The van der Waals surface area contributed by atoms with E-state index in [9.17, 15) is 14.4 Å². The summed E-state index contributed by atoms with van der Waals surface area (Å²) in [4.78, 5) is 41.9. The summed E-state index contributed by atoms with van der Waals surface area (Å²) in [5, 5.41) is 0. The smallest absolute Gasteiger partial charge is 0.265 e. The minimum atomic E-state index is -0.523. The van der Waals surface area contributed by atoms with Crippen LogP contribution >= 0.6 is 0 Å². The number of rotatable bonds is 5. The molecule has 0 spiro atoms. The maximum Gasteiger partial charge on any atom is 0.265 e. The Hall–Kier alpha value is -3.88. The number of carbonyl (C=O) groups excluding carboxylic acids is 3. The van der Waals surface area contributed by atoms with Gasteiger partial charge in [0.15, 0.2) is 18.1 Å². The quantitative estimate of drug-likeness (QED) is 0.631. The Morgan fingerprint density at radius 2 is 1.79 bits per heavy atom. The van der Waals surface area contributed by atoms with E-state index in [1.54, 1.807) is 30.3 Å². The van der Waals surface area contributed by atoms with E-state index >= 15 is 0 Å². The normalized spacial score (nSPS) is 13.0. The van der Waals surface area contributed by atoms with Gasteiger partial charge in [0, 0.05) is 12.8 Å². The molecule has 0 radical (unpaired) electrons. The Morgan fingerprint density at radius 1 is 1.03 bits per heavy atom. The molecule has 0 saturated heterocycles. The maximum absolute atomic E-state index is 12.2. The van der Waals surface area contributed by atoms with Crippen LogP contribution in [-0.4, -0.2) is 35.9 Å². The number of aromatic nitrogens is 1. The predicted octanol–water partition coefficient (Wildman–Crippen LogP) is 1.33. The first-order valence-electron chi connectivity index (χ1n) is 9.04. The molecule has 0 atom stereocenters. The molecule has 2 N–H and O–H groups in total. The van der Waals surface area contributed by atoms with Gasteiger partial charge in [-0.25, -0.2) is 4.98 Å². The van der Waals surface area contributed by atoms with E-state index in [4.69, 9.17) is 9.15 Å². The van der Waals surface area contributed by atoms with Gasteiger partial charge >= 0.3 is 0 Å². The summed E-state index contributed by atoms with van der Waals surface area (Å²) in [6.07, 6.45) is 0.387. The van der Waals surface area contributed by atoms with Gasteiger partial charge in [0.05, 0.1) is 5.69 Å². The second-order valence-corrected chi connectivity index (χ2v) is 6.41. The van der Waals surface area contributed by atoms with E-state index in [2.05, 4.69) is 15.8 Å². The number of nitrogens with one attached hydrogen (secondary N) is 2. The van der Waals surface area contributed by atoms with E-state index in [0.29, 0.717) is 29.3 Å². The third-order valence-corrected chi connectivity index (χ3v) is 4.36. The molecule has 29 heavy (non-hydrogen) atoms. The van der Waals surface area contributed by atoms with Crippen LogP contribution in [0.25, 0.3) is 11.1 Å². The monoisotopic (exact) mass is 394 g/mol. The highest BCUT2D eigenvalue weighted by molar-refractivity contribution is 6.02. The summed E-state index contributed by atoms with van der Waals surface area (Å²) >= 11 is 0. The first-order valence-corrected chi connectivity index (χ1v) is 9.04. The number of fused-ring (bicyclic) bond motifs is 2. The lowest BCUT2D eigenvalue weighted by atomic mass is 10.2. The van der Waals surface area contributed by atoms with Gasteiger partial charge in [0.2, 0.25) is 5.91 Å². The first kappa shape index (κ1) is 18.5. The first-order chi connectivity index (χ1) is 14.1. The molecule has 1 aliphatic heterocycles. The molecule has 1 aliphatic rings. The van der Waals surface area contributed by atoms with Crippen molar-refractivity contribution in [2.45, 2.75) is 12.8 Å². The zero-order chi connectivity index (χ0) is 20.2. The van der Waals surface area contributed by atoms with Crippen LogP contribution in [0.1, 0.15) is 12.3 Å². The predicted molar refractivity (Wildman–Crippen MR) is 103 cm³/mol. The summed E-state index contributed by atoms with van der Waals surface area (Å²) in [7, 11) is 0. The standard InChI is InChI=1S/C20H18N4O5/c25-17(9-10-19-21-13-5-1-3-7-15(13)29-19)22-23-18(26)11-24-14-6-2-4-8-16(14)28-12-20(24)27/h1-8H,9-12H2,(H,22,25)(H,23,26). The van der Waals surface area contributed by atoms with Crippen LogP contribution in [-0.2, 0) is 20.8 Å². The van der Waals surface area contributed by atoms with Crippen LogP contribution < -0.4 is 20.5 Å². The van der Waals surface area contributed by atoms with Crippen molar-refractivity contribution in [1.82, 2.24) is 15.8 Å². The number of hydrogen-bond donors (Lipinski definition) is 2. The lowest BCUT2D eigenvalue weighted by Gasteiger charge is -2.28. The average molecular weight is 394 g/mol. The largest absolute Gasteiger partial charge is 0.482 e. The number of carbonyl (C=O) groups is 3. The fourth-order valence-corrected chi connectivity index (χ4v) is 2.96. The molecular weight excluding hydrogens is 376 g/mol. The molecule has 9 nitrogen and oxygen atoms in total. The molecule has 2 heterocycles. The van der Waals surface area contributed by atoms with Crippen LogP contribution in [0, 0.1) is 0 Å². The van der Waals surface area contributed by atoms with E-state index in [-0.39, 0.29) is 25.5 Å². The molecule has 4 rings (SSSR count). The number of ether oxygens (including phenoxy) is 1. The second-order valence-electron chi connectivity index (χ2n) is 6.41. The fourth-order valence-electron chi connectivity index (χ4n) is 2.96. The number of oxazole rings is 1. The van der Waals surface area contributed by atoms with Crippen LogP contribution in [0.3, 0.4) is 0 Å². The number of hydrazine groups is 1. The summed E-state index contributed by atoms with van der Waals surface area (Å²) in [5.41, 5.74) is 6.56. The second kappa shape index (κ2) is 8.01. The summed E-state index contributed by atoms with van der Waals surface area (Å²) in [5.74, 6) is -0.272. The van der Waals surface area contributed by atoms with Crippen molar-refractivity contribution < 1.29 is 23.5 Å². The number of aryl methyl sites for hydroxylation is 1. The zero-order valence-corrected chi connectivity index (χ0v) is 15.4. The molecule has 9 heteroatoms. The van der Waals surface area contributed by atoms with Crippen molar-refractivity contribution in [1.29, 1.82) is 0 Å². The lowest BCUT2D eigenvalue weighted by Crippen LogP contribution is -2.49. The topological polar surface area (TPSA) is 114 Å². The maximum atomic E-state index is 12.2. The van der Waals surface area contributed by atoms with E-state index in [0.717, 1.165) is 5.52 Å². The van der Waals surface area contributed by atoms with Gasteiger partial charge in [-0.15, -0.1) is 0 Å². The number of amides is 3. The molecule has 0 saturated carbocycles. The van der Waals surface area contributed by atoms with Crippen LogP contribution in [0.2, 0.25) is 0 Å². The zero-order valence-electron chi connectivity index (χ0n) is 15.4.